The first-order valence-corrected chi connectivity index (χ1v) is 10.5. The molecule has 152 valence electrons. The fourth-order valence-corrected chi connectivity index (χ4v) is 4.55. The van der Waals surface area contributed by atoms with E-state index in [0.717, 1.165) is 44.3 Å². The van der Waals surface area contributed by atoms with Gasteiger partial charge in [0.05, 0.1) is 18.2 Å². The number of nitrogens with zero attached hydrogens (tertiary/aromatic N) is 2. The maximum Gasteiger partial charge on any atom is 0.251 e. The SMILES string of the molecule is O=C1CC(N2CCC(CCc3ccc(F)cc3)CC2)C(=O)N1c1cccc(Cl)c1. The summed E-state index contributed by atoms with van der Waals surface area (Å²) in [5.74, 6) is 0.0694. The number of anilines is 1. The minimum Gasteiger partial charge on any atom is -0.292 e. The highest BCUT2D eigenvalue weighted by Gasteiger charge is 2.43. The monoisotopic (exact) mass is 414 g/mol. The lowest BCUT2D eigenvalue weighted by atomic mass is 9.90. The maximum absolute atomic E-state index is 13.0. The third-order valence-corrected chi connectivity index (χ3v) is 6.27. The quantitative estimate of drug-likeness (QED) is 0.678. The van der Waals surface area contributed by atoms with E-state index in [4.69, 9.17) is 11.6 Å². The smallest absolute Gasteiger partial charge is 0.251 e. The number of imide groups is 1. The summed E-state index contributed by atoms with van der Waals surface area (Å²) in [6.45, 7) is 1.64. The van der Waals surface area contributed by atoms with Crippen LogP contribution < -0.4 is 4.90 Å². The molecule has 0 saturated carbocycles. The van der Waals surface area contributed by atoms with E-state index in [-0.39, 0.29) is 30.1 Å². The van der Waals surface area contributed by atoms with Gasteiger partial charge in [0.1, 0.15) is 5.82 Å². The number of carbonyl (C=O) groups is 2. The first-order valence-electron chi connectivity index (χ1n) is 10.1. The minimum atomic E-state index is -0.375. The molecule has 4 nitrogen and oxygen atoms in total. The van der Waals surface area contributed by atoms with Crippen molar-refractivity contribution >= 4 is 29.1 Å². The molecule has 0 N–H and O–H groups in total. The van der Waals surface area contributed by atoms with Crippen LogP contribution in [0.2, 0.25) is 5.02 Å². The van der Waals surface area contributed by atoms with Gasteiger partial charge >= 0.3 is 0 Å². The first-order chi connectivity index (χ1) is 14.0. The predicted molar refractivity (Wildman–Crippen MR) is 111 cm³/mol. The zero-order valence-electron chi connectivity index (χ0n) is 16.2. The Kier molecular flexibility index (Phi) is 5.97. The number of hydrogen-bond acceptors (Lipinski definition) is 3. The molecule has 0 bridgehead atoms. The van der Waals surface area contributed by atoms with Crippen molar-refractivity contribution in [1.82, 2.24) is 4.90 Å². The van der Waals surface area contributed by atoms with Crippen molar-refractivity contribution in [3.05, 3.63) is 64.9 Å². The molecule has 2 amide bonds. The number of benzene rings is 2. The minimum absolute atomic E-state index is 0.151. The van der Waals surface area contributed by atoms with Gasteiger partial charge in [-0.05, 0) is 80.6 Å². The Bertz CT molecular complexity index is 894. The Balaban J connectivity index is 1.32. The summed E-state index contributed by atoms with van der Waals surface area (Å²) in [6.07, 6.45) is 4.25. The van der Waals surface area contributed by atoms with Gasteiger partial charge in [0, 0.05) is 5.02 Å². The largest absolute Gasteiger partial charge is 0.292 e. The molecule has 1 unspecified atom stereocenters. The van der Waals surface area contributed by atoms with Crippen molar-refractivity contribution in [2.24, 2.45) is 5.92 Å². The maximum atomic E-state index is 13.0. The topological polar surface area (TPSA) is 40.6 Å². The number of piperidine rings is 1. The lowest BCUT2D eigenvalue weighted by Crippen LogP contribution is -2.46. The summed E-state index contributed by atoms with van der Waals surface area (Å²) in [4.78, 5) is 28.9. The molecule has 2 aromatic rings. The second-order valence-electron chi connectivity index (χ2n) is 7.91. The van der Waals surface area contributed by atoms with E-state index in [1.165, 1.54) is 17.0 Å². The predicted octanol–water partition coefficient (Wildman–Crippen LogP) is 4.46. The average Bonchev–Trinajstić information content (AvgIpc) is 3.02. The van der Waals surface area contributed by atoms with Crippen LogP contribution in [0.25, 0.3) is 0 Å². The Hall–Kier alpha value is -2.24. The molecule has 0 aliphatic carbocycles. The van der Waals surface area contributed by atoms with Crippen LogP contribution in [-0.4, -0.2) is 35.8 Å². The average molecular weight is 415 g/mol. The lowest BCUT2D eigenvalue weighted by Gasteiger charge is -2.34. The number of aryl methyl sites for hydroxylation is 1. The van der Waals surface area contributed by atoms with Crippen molar-refractivity contribution in [1.29, 1.82) is 0 Å². The summed E-state index contributed by atoms with van der Waals surface area (Å²) in [5, 5.41) is 0.508. The highest BCUT2D eigenvalue weighted by molar-refractivity contribution is 6.31. The number of hydrogen-bond donors (Lipinski definition) is 0. The van der Waals surface area contributed by atoms with Crippen molar-refractivity contribution < 1.29 is 14.0 Å². The summed E-state index contributed by atoms with van der Waals surface area (Å²) in [7, 11) is 0. The third kappa shape index (κ3) is 4.51. The third-order valence-electron chi connectivity index (χ3n) is 6.03. The Morgan fingerprint density at radius 2 is 1.76 bits per heavy atom. The molecule has 0 aromatic heterocycles. The summed E-state index contributed by atoms with van der Waals surface area (Å²) in [5.41, 5.74) is 1.70. The van der Waals surface area contributed by atoms with Crippen molar-refractivity contribution in [2.75, 3.05) is 18.0 Å². The van der Waals surface area contributed by atoms with Crippen molar-refractivity contribution in [2.45, 2.75) is 38.1 Å². The number of rotatable bonds is 5. The van der Waals surface area contributed by atoms with E-state index < -0.39 is 0 Å². The number of amides is 2. The number of carbonyl (C=O) groups excluding carboxylic acids is 2. The molecule has 29 heavy (non-hydrogen) atoms. The normalized spacial score (nSPS) is 21.2. The Morgan fingerprint density at radius 1 is 1.03 bits per heavy atom. The second kappa shape index (κ2) is 8.64. The highest BCUT2D eigenvalue weighted by atomic mass is 35.5. The van der Waals surface area contributed by atoms with E-state index >= 15 is 0 Å². The first kappa shape index (κ1) is 20.0. The van der Waals surface area contributed by atoms with Gasteiger partial charge in [-0.15, -0.1) is 0 Å². The van der Waals surface area contributed by atoms with E-state index in [1.807, 2.05) is 12.1 Å². The van der Waals surface area contributed by atoms with Crippen LogP contribution in [0.4, 0.5) is 10.1 Å². The van der Waals surface area contributed by atoms with E-state index in [0.29, 0.717) is 16.6 Å². The summed E-state index contributed by atoms with van der Waals surface area (Å²) < 4.78 is 13.0. The fourth-order valence-electron chi connectivity index (χ4n) is 4.36. The molecule has 2 fully saturated rings. The molecule has 0 spiro atoms. The molecule has 2 saturated heterocycles. The molecule has 2 heterocycles. The molecular formula is C23H24ClFN2O2. The Labute approximate surface area is 175 Å². The van der Waals surface area contributed by atoms with Crippen LogP contribution in [0.3, 0.4) is 0 Å². The van der Waals surface area contributed by atoms with E-state index in [9.17, 15) is 14.0 Å². The molecule has 2 aliphatic heterocycles. The van der Waals surface area contributed by atoms with Crippen LogP contribution in [0.1, 0.15) is 31.2 Å². The van der Waals surface area contributed by atoms with Gasteiger partial charge in [0.25, 0.3) is 5.91 Å². The van der Waals surface area contributed by atoms with Gasteiger partial charge in [0.2, 0.25) is 5.91 Å². The van der Waals surface area contributed by atoms with Crippen LogP contribution in [0.5, 0.6) is 0 Å². The molecular weight excluding hydrogens is 391 g/mol. The van der Waals surface area contributed by atoms with Gasteiger partial charge in [-0.1, -0.05) is 29.8 Å². The van der Waals surface area contributed by atoms with Crippen molar-refractivity contribution in [3.8, 4) is 0 Å². The zero-order chi connectivity index (χ0) is 20.4. The van der Waals surface area contributed by atoms with Crippen LogP contribution >= 0.6 is 11.6 Å². The molecule has 2 aliphatic rings. The van der Waals surface area contributed by atoms with Crippen LogP contribution in [0, 0.1) is 11.7 Å². The van der Waals surface area contributed by atoms with Gasteiger partial charge < -0.3 is 0 Å². The van der Waals surface area contributed by atoms with Crippen molar-refractivity contribution in [3.63, 3.8) is 0 Å². The van der Waals surface area contributed by atoms with Gasteiger partial charge in [0.15, 0.2) is 0 Å². The van der Waals surface area contributed by atoms with Crippen LogP contribution in [-0.2, 0) is 16.0 Å². The summed E-state index contributed by atoms with van der Waals surface area (Å²) in [6, 6.07) is 13.2. The lowest BCUT2D eigenvalue weighted by molar-refractivity contribution is -0.123. The standard InChI is InChI=1S/C23H24ClFN2O2/c24-18-2-1-3-20(14-18)27-22(28)15-21(23(27)29)26-12-10-17(11-13-26)5-4-16-6-8-19(25)9-7-16/h1-3,6-9,14,17,21H,4-5,10-13,15H2. The molecule has 1 atom stereocenters. The van der Waals surface area contributed by atoms with Gasteiger partial charge in [-0.2, -0.15) is 0 Å². The zero-order valence-corrected chi connectivity index (χ0v) is 16.9. The van der Waals surface area contributed by atoms with Gasteiger partial charge in [-0.25, -0.2) is 9.29 Å². The van der Waals surface area contributed by atoms with Crippen LogP contribution in [0.15, 0.2) is 48.5 Å². The number of likely N-dealkylation sites (tertiary alicyclic amines) is 1. The summed E-state index contributed by atoms with van der Waals surface area (Å²) >= 11 is 6.02. The van der Waals surface area contributed by atoms with E-state index in [1.54, 1.807) is 24.3 Å². The second-order valence-corrected chi connectivity index (χ2v) is 8.35. The van der Waals surface area contributed by atoms with E-state index in [2.05, 4.69) is 4.90 Å². The molecule has 4 rings (SSSR count). The molecule has 0 radical (unpaired) electrons. The highest BCUT2D eigenvalue weighted by Crippen LogP contribution is 2.30. The van der Waals surface area contributed by atoms with Gasteiger partial charge in [-0.3, -0.25) is 14.5 Å². The number of halogens is 2. The fraction of sp³-hybridized carbons (Fsp3) is 0.391. The molecule has 2 aromatic carbocycles. The Morgan fingerprint density at radius 3 is 2.45 bits per heavy atom. The molecule has 6 heteroatoms.